The van der Waals surface area contributed by atoms with Crippen LogP contribution in [0.5, 0.6) is 0 Å². The summed E-state index contributed by atoms with van der Waals surface area (Å²) in [6, 6.07) is 0.112. The highest BCUT2D eigenvalue weighted by Gasteiger charge is 2.27. The lowest BCUT2D eigenvalue weighted by atomic mass is 9.92. The minimum absolute atomic E-state index is 0.0210. The molecule has 2 amide bonds. The van der Waals surface area contributed by atoms with E-state index in [9.17, 15) is 4.79 Å². The summed E-state index contributed by atoms with van der Waals surface area (Å²) in [5, 5.41) is 6.16. The lowest BCUT2D eigenvalue weighted by Gasteiger charge is -2.32. The van der Waals surface area contributed by atoms with Gasteiger partial charge in [-0.2, -0.15) is 0 Å². The van der Waals surface area contributed by atoms with Gasteiger partial charge in [0, 0.05) is 38.2 Å². The van der Waals surface area contributed by atoms with Crippen molar-refractivity contribution in [3.8, 4) is 0 Å². The molecule has 0 saturated heterocycles. The first-order valence-corrected chi connectivity index (χ1v) is 8.43. The number of urea groups is 1. The van der Waals surface area contributed by atoms with Crippen LogP contribution >= 0.6 is 11.3 Å². The van der Waals surface area contributed by atoms with Gasteiger partial charge in [-0.1, -0.05) is 19.8 Å². The predicted octanol–water partition coefficient (Wildman–Crippen LogP) is 2.85. The number of carbonyl (C=O) groups excluding carboxylic acids is 1. The summed E-state index contributed by atoms with van der Waals surface area (Å²) >= 11 is 1.63. The molecule has 118 valence electrons. The summed E-state index contributed by atoms with van der Waals surface area (Å²) in [6.45, 7) is 2.77. The molecule has 1 N–H and O–H groups in total. The summed E-state index contributed by atoms with van der Waals surface area (Å²) in [7, 11) is 3.56. The van der Waals surface area contributed by atoms with Crippen molar-refractivity contribution in [2.45, 2.75) is 50.7 Å². The minimum atomic E-state index is -0.0210. The number of ether oxygens (including phenoxy) is 1. The third-order valence-electron chi connectivity index (χ3n) is 4.08. The van der Waals surface area contributed by atoms with E-state index in [-0.39, 0.29) is 24.1 Å². The number of nitrogens with zero attached hydrogens (tertiary/aromatic N) is 2. The van der Waals surface area contributed by atoms with Gasteiger partial charge in [0.1, 0.15) is 0 Å². The number of carbonyl (C=O) groups is 1. The third-order valence-corrected chi connectivity index (χ3v) is 5.09. The number of rotatable bonds is 5. The summed E-state index contributed by atoms with van der Waals surface area (Å²) < 4.78 is 5.48. The Labute approximate surface area is 130 Å². The zero-order chi connectivity index (χ0) is 15.2. The number of nitrogens with one attached hydrogen (secondary N) is 1. The summed E-state index contributed by atoms with van der Waals surface area (Å²) in [5.41, 5.74) is 0. The lowest BCUT2D eigenvalue weighted by molar-refractivity contribution is 0.0434. The van der Waals surface area contributed by atoms with Crippen LogP contribution in [0.2, 0.25) is 0 Å². The molecule has 5 nitrogen and oxygen atoms in total. The first-order valence-electron chi connectivity index (χ1n) is 7.55. The van der Waals surface area contributed by atoms with E-state index in [4.69, 9.17) is 4.74 Å². The molecule has 1 aromatic rings. The standard InChI is InChI=1S/C15H25N3O2S/c1-11(14-16-8-9-21-14)10-18(2)15(19)17-12-6-4-5-7-13(12)20-3/h8-9,11-13H,4-7,10H2,1-3H3,(H,17,19). The second kappa shape index (κ2) is 7.75. The molecule has 1 fully saturated rings. The quantitative estimate of drug-likeness (QED) is 0.909. The van der Waals surface area contributed by atoms with Gasteiger partial charge in [0.2, 0.25) is 0 Å². The molecule has 3 atom stereocenters. The maximum absolute atomic E-state index is 12.3. The van der Waals surface area contributed by atoms with Crippen LogP contribution in [0, 0.1) is 0 Å². The average Bonchev–Trinajstić information content (AvgIpc) is 3.02. The van der Waals surface area contributed by atoms with Gasteiger partial charge >= 0.3 is 6.03 Å². The first-order chi connectivity index (χ1) is 10.1. The van der Waals surface area contributed by atoms with Gasteiger partial charge in [-0.15, -0.1) is 11.3 Å². The van der Waals surface area contributed by atoms with Crippen molar-refractivity contribution < 1.29 is 9.53 Å². The van der Waals surface area contributed by atoms with Crippen LogP contribution in [-0.2, 0) is 4.74 Å². The van der Waals surface area contributed by atoms with Crippen molar-refractivity contribution in [2.24, 2.45) is 0 Å². The summed E-state index contributed by atoms with van der Waals surface area (Å²) in [4.78, 5) is 18.4. The molecular weight excluding hydrogens is 286 g/mol. The monoisotopic (exact) mass is 311 g/mol. The molecule has 0 aromatic carbocycles. The fourth-order valence-electron chi connectivity index (χ4n) is 2.86. The van der Waals surface area contributed by atoms with Gasteiger partial charge in [0.25, 0.3) is 0 Å². The molecule has 0 bridgehead atoms. The van der Waals surface area contributed by atoms with Crippen molar-refractivity contribution in [2.75, 3.05) is 20.7 Å². The number of hydrogen-bond donors (Lipinski definition) is 1. The van der Waals surface area contributed by atoms with E-state index >= 15 is 0 Å². The molecule has 6 heteroatoms. The zero-order valence-corrected chi connectivity index (χ0v) is 13.9. The van der Waals surface area contributed by atoms with Gasteiger partial charge in [-0.25, -0.2) is 9.78 Å². The summed E-state index contributed by atoms with van der Waals surface area (Å²) in [5.74, 6) is 0.255. The van der Waals surface area contributed by atoms with E-state index in [0.29, 0.717) is 6.54 Å². The van der Waals surface area contributed by atoms with Crippen LogP contribution in [0.4, 0.5) is 4.79 Å². The second-order valence-corrected chi connectivity index (χ2v) is 6.69. The van der Waals surface area contributed by atoms with Gasteiger partial charge in [0.15, 0.2) is 0 Å². The molecular formula is C15H25N3O2S. The Bertz CT molecular complexity index is 438. The van der Waals surface area contributed by atoms with E-state index in [1.165, 1.54) is 6.42 Å². The van der Waals surface area contributed by atoms with E-state index in [2.05, 4.69) is 17.2 Å². The van der Waals surface area contributed by atoms with Gasteiger partial charge in [0.05, 0.1) is 17.2 Å². The molecule has 1 aliphatic rings. The molecule has 1 heterocycles. The number of likely N-dealkylation sites (N-methyl/N-ethyl adjacent to an activating group) is 1. The van der Waals surface area contributed by atoms with Crippen LogP contribution in [-0.4, -0.2) is 48.8 Å². The normalized spacial score (nSPS) is 23.6. The number of amides is 2. The van der Waals surface area contributed by atoms with Crippen LogP contribution in [0.1, 0.15) is 43.5 Å². The number of methoxy groups -OCH3 is 1. The molecule has 0 aliphatic heterocycles. The molecule has 0 radical (unpaired) electrons. The highest BCUT2D eigenvalue weighted by molar-refractivity contribution is 7.09. The van der Waals surface area contributed by atoms with Crippen molar-refractivity contribution in [1.82, 2.24) is 15.2 Å². The fourth-order valence-corrected chi connectivity index (χ4v) is 3.55. The first kappa shape index (κ1) is 16.2. The molecule has 1 saturated carbocycles. The van der Waals surface area contributed by atoms with E-state index in [1.807, 2.05) is 18.6 Å². The van der Waals surface area contributed by atoms with E-state index in [1.54, 1.807) is 23.3 Å². The van der Waals surface area contributed by atoms with Gasteiger partial charge in [-0.3, -0.25) is 0 Å². The Morgan fingerprint density at radius 3 is 3.00 bits per heavy atom. The number of aromatic nitrogens is 1. The molecule has 1 aliphatic carbocycles. The SMILES string of the molecule is COC1CCCCC1NC(=O)N(C)CC(C)c1nccs1. The Morgan fingerprint density at radius 2 is 2.33 bits per heavy atom. The maximum atomic E-state index is 12.3. The summed E-state index contributed by atoms with van der Waals surface area (Å²) in [6.07, 6.45) is 6.32. The van der Waals surface area contributed by atoms with Crippen LogP contribution < -0.4 is 5.32 Å². The van der Waals surface area contributed by atoms with Crippen molar-refractivity contribution in [3.05, 3.63) is 16.6 Å². The fraction of sp³-hybridized carbons (Fsp3) is 0.733. The van der Waals surface area contributed by atoms with Gasteiger partial charge in [-0.05, 0) is 12.8 Å². The topological polar surface area (TPSA) is 54.5 Å². The Balaban J connectivity index is 1.84. The highest BCUT2D eigenvalue weighted by Crippen LogP contribution is 2.21. The minimum Gasteiger partial charge on any atom is -0.379 e. The Hall–Kier alpha value is -1.14. The van der Waals surface area contributed by atoms with E-state index < -0.39 is 0 Å². The molecule has 1 aromatic heterocycles. The maximum Gasteiger partial charge on any atom is 0.317 e. The van der Waals surface area contributed by atoms with Gasteiger partial charge < -0.3 is 15.0 Å². The van der Waals surface area contributed by atoms with Crippen molar-refractivity contribution in [1.29, 1.82) is 0 Å². The second-order valence-electron chi connectivity index (χ2n) is 5.77. The third kappa shape index (κ3) is 4.41. The molecule has 3 unspecified atom stereocenters. The number of thiazole rings is 1. The zero-order valence-electron chi connectivity index (χ0n) is 13.0. The Morgan fingerprint density at radius 1 is 1.57 bits per heavy atom. The molecule has 21 heavy (non-hydrogen) atoms. The van der Waals surface area contributed by atoms with Crippen LogP contribution in [0.3, 0.4) is 0 Å². The van der Waals surface area contributed by atoms with Crippen molar-refractivity contribution in [3.63, 3.8) is 0 Å². The van der Waals surface area contributed by atoms with Crippen molar-refractivity contribution >= 4 is 17.4 Å². The van der Waals surface area contributed by atoms with E-state index in [0.717, 1.165) is 24.3 Å². The lowest BCUT2D eigenvalue weighted by Crippen LogP contribution is -2.50. The highest BCUT2D eigenvalue weighted by atomic mass is 32.1. The smallest absolute Gasteiger partial charge is 0.317 e. The largest absolute Gasteiger partial charge is 0.379 e. The van der Waals surface area contributed by atoms with Crippen LogP contribution in [0.15, 0.2) is 11.6 Å². The average molecular weight is 311 g/mol. The Kier molecular flexibility index (Phi) is 5.99. The molecule has 2 rings (SSSR count). The molecule has 0 spiro atoms. The predicted molar refractivity (Wildman–Crippen MR) is 84.7 cm³/mol. The number of hydrogen-bond acceptors (Lipinski definition) is 4. The van der Waals surface area contributed by atoms with Crippen LogP contribution in [0.25, 0.3) is 0 Å².